The van der Waals surface area contributed by atoms with Gasteiger partial charge in [0.25, 0.3) is 0 Å². The highest BCUT2D eigenvalue weighted by atomic mass is 35.5. The summed E-state index contributed by atoms with van der Waals surface area (Å²) in [5.74, 6) is 0.511. The number of hydrogen-bond donors (Lipinski definition) is 4. The molecule has 4 unspecified atom stereocenters. The summed E-state index contributed by atoms with van der Waals surface area (Å²) < 4.78 is 9.42. The van der Waals surface area contributed by atoms with Crippen molar-refractivity contribution < 1.29 is 20.1 Å². The molecular weight excluding hydrogens is 524 g/mol. The highest BCUT2D eigenvalue weighted by Crippen LogP contribution is 2.39. The molecule has 4 aromatic rings. The molecule has 0 radical (unpaired) electrons. The minimum Gasteiger partial charge on any atom is -0.394 e. The quantitative estimate of drug-likeness (QED) is 0.266. The SMILES string of the molecule is OC[C@H]1O[C@@H](n2cnc3c(NC4CCCCC4Sc4nc5ccccc5s4)nc(Cl)nc32)C(O)C1O. The molecule has 0 spiro atoms. The van der Waals surface area contributed by atoms with E-state index in [1.54, 1.807) is 23.1 Å². The van der Waals surface area contributed by atoms with Gasteiger partial charge in [-0.15, -0.1) is 11.3 Å². The van der Waals surface area contributed by atoms with Crippen molar-refractivity contribution >= 4 is 61.9 Å². The van der Waals surface area contributed by atoms with Gasteiger partial charge in [0, 0.05) is 11.3 Å². The zero-order chi connectivity index (χ0) is 24.8. The molecule has 10 nitrogen and oxygen atoms in total. The van der Waals surface area contributed by atoms with Crippen LogP contribution in [0.5, 0.6) is 0 Å². The number of thioether (sulfide) groups is 1. The molecule has 0 bridgehead atoms. The van der Waals surface area contributed by atoms with Gasteiger partial charge in [-0.25, -0.2) is 9.97 Å². The Balaban J connectivity index is 1.27. The van der Waals surface area contributed by atoms with Gasteiger partial charge in [0.05, 0.1) is 23.2 Å². The van der Waals surface area contributed by atoms with Crippen LogP contribution in [0.3, 0.4) is 0 Å². The first-order valence-corrected chi connectivity index (χ1v) is 13.9. The van der Waals surface area contributed by atoms with Gasteiger partial charge in [0.2, 0.25) is 5.28 Å². The van der Waals surface area contributed by atoms with Crippen LogP contribution >= 0.6 is 34.7 Å². The van der Waals surface area contributed by atoms with Gasteiger partial charge in [-0.05, 0) is 36.6 Å². The van der Waals surface area contributed by atoms with E-state index >= 15 is 0 Å². The predicted octanol–water partition coefficient (Wildman–Crippen LogP) is 3.22. The molecule has 2 aliphatic rings. The summed E-state index contributed by atoms with van der Waals surface area (Å²) in [6, 6.07) is 8.30. The van der Waals surface area contributed by atoms with Gasteiger partial charge >= 0.3 is 0 Å². The van der Waals surface area contributed by atoms with E-state index in [1.165, 1.54) is 15.6 Å². The van der Waals surface area contributed by atoms with Crippen LogP contribution in [0.4, 0.5) is 5.82 Å². The number of nitrogens with zero attached hydrogens (tertiary/aromatic N) is 5. The van der Waals surface area contributed by atoms with E-state index in [4.69, 9.17) is 21.3 Å². The Morgan fingerprint density at radius 1 is 1.14 bits per heavy atom. The van der Waals surface area contributed by atoms with E-state index in [0.717, 1.165) is 35.5 Å². The number of imidazole rings is 1. The first kappa shape index (κ1) is 24.3. The monoisotopic (exact) mass is 548 g/mol. The van der Waals surface area contributed by atoms with E-state index in [1.807, 2.05) is 18.2 Å². The fourth-order valence-electron chi connectivity index (χ4n) is 4.90. The topological polar surface area (TPSA) is 138 Å². The second-order valence-electron chi connectivity index (χ2n) is 9.03. The van der Waals surface area contributed by atoms with E-state index in [-0.39, 0.29) is 11.3 Å². The lowest BCUT2D eigenvalue weighted by Crippen LogP contribution is -2.34. The van der Waals surface area contributed by atoms with Crippen LogP contribution in [0.2, 0.25) is 5.28 Å². The van der Waals surface area contributed by atoms with E-state index in [9.17, 15) is 15.3 Å². The van der Waals surface area contributed by atoms with Crippen molar-refractivity contribution in [1.29, 1.82) is 0 Å². The molecule has 4 heterocycles. The zero-order valence-corrected chi connectivity index (χ0v) is 21.5. The van der Waals surface area contributed by atoms with Crippen molar-refractivity contribution in [2.75, 3.05) is 11.9 Å². The normalized spacial score (nSPS) is 28.8. The number of ether oxygens (including phenoxy) is 1. The number of anilines is 1. The number of halogens is 1. The third-order valence-corrected chi connectivity index (χ3v) is 9.44. The molecule has 1 saturated carbocycles. The predicted molar refractivity (Wildman–Crippen MR) is 138 cm³/mol. The molecule has 1 aliphatic heterocycles. The Morgan fingerprint density at radius 2 is 1.97 bits per heavy atom. The van der Waals surface area contributed by atoms with Gasteiger partial charge in [0.15, 0.2) is 27.5 Å². The molecule has 6 rings (SSSR count). The molecule has 13 heteroatoms. The largest absolute Gasteiger partial charge is 0.394 e. The molecule has 2 fully saturated rings. The Hall–Kier alpha value is -2.06. The van der Waals surface area contributed by atoms with Crippen molar-refractivity contribution in [2.45, 2.75) is 65.9 Å². The fraction of sp³-hybridized carbons (Fsp3) is 0.478. The van der Waals surface area contributed by atoms with Crippen molar-refractivity contribution in [2.24, 2.45) is 0 Å². The van der Waals surface area contributed by atoms with Crippen molar-refractivity contribution in [3.8, 4) is 0 Å². The van der Waals surface area contributed by atoms with Gasteiger partial charge in [-0.3, -0.25) is 4.57 Å². The van der Waals surface area contributed by atoms with Crippen molar-refractivity contribution in [3.63, 3.8) is 0 Å². The Morgan fingerprint density at radius 3 is 2.78 bits per heavy atom. The Bertz CT molecular complexity index is 1350. The lowest BCUT2D eigenvalue weighted by molar-refractivity contribution is -0.0511. The Kier molecular flexibility index (Phi) is 6.75. The van der Waals surface area contributed by atoms with E-state index in [0.29, 0.717) is 22.2 Å². The van der Waals surface area contributed by atoms with Gasteiger partial charge in [-0.1, -0.05) is 36.7 Å². The first-order chi connectivity index (χ1) is 17.5. The summed E-state index contributed by atoms with van der Waals surface area (Å²) in [4.78, 5) is 18.0. The van der Waals surface area contributed by atoms with Crippen molar-refractivity contribution in [3.05, 3.63) is 35.9 Å². The summed E-state index contributed by atoms with van der Waals surface area (Å²) in [7, 11) is 0. The summed E-state index contributed by atoms with van der Waals surface area (Å²) in [5, 5.41) is 34.0. The molecular formula is C23H25ClN6O4S2. The van der Waals surface area contributed by atoms with Crippen LogP contribution in [-0.2, 0) is 4.74 Å². The third-order valence-electron chi connectivity index (χ3n) is 6.74. The number of hydrogen-bond acceptors (Lipinski definition) is 11. The highest BCUT2D eigenvalue weighted by molar-refractivity contribution is 8.01. The highest BCUT2D eigenvalue weighted by Gasteiger charge is 2.44. The lowest BCUT2D eigenvalue weighted by Gasteiger charge is -2.31. The summed E-state index contributed by atoms with van der Waals surface area (Å²) >= 11 is 9.80. The number of benzene rings is 1. The molecule has 0 amide bonds. The fourth-order valence-corrected chi connectivity index (χ4v) is 7.65. The maximum atomic E-state index is 10.5. The molecule has 1 aromatic carbocycles. The smallest absolute Gasteiger partial charge is 0.226 e. The molecule has 190 valence electrons. The average Bonchev–Trinajstić information content (AvgIpc) is 3.56. The van der Waals surface area contributed by atoms with E-state index in [2.05, 4.69) is 26.3 Å². The molecule has 3 aromatic heterocycles. The molecule has 36 heavy (non-hydrogen) atoms. The summed E-state index contributed by atoms with van der Waals surface area (Å²) in [6.07, 6.45) is 1.42. The third kappa shape index (κ3) is 4.44. The average molecular weight is 549 g/mol. The maximum Gasteiger partial charge on any atom is 0.226 e. The first-order valence-electron chi connectivity index (χ1n) is 11.8. The number of fused-ring (bicyclic) bond motifs is 2. The summed E-state index contributed by atoms with van der Waals surface area (Å²) in [5.41, 5.74) is 1.88. The Labute approximate surface area is 219 Å². The number of aliphatic hydroxyl groups excluding tert-OH is 3. The molecule has 4 N–H and O–H groups in total. The number of rotatable bonds is 6. The zero-order valence-electron chi connectivity index (χ0n) is 19.1. The van der Waals surface area contributed by atoms with E-state index < -0.39 is 31.1 Å². The second kappa shape index (κ2) is 10.0. The molecule has 6 atom stereocenters. The minimum absolute atomic E-state index is 0.0321. The number of aliphatic hydroxyl groups is 3. The minimum atomic E-state index is -1.25. The molecule has 1 aliphatic carbocycles. The number of aromatic nitrogens is 5. The van der Waals surface area contributed by atoms with Gasteiger partial charge in [-0.2, -0.15) is 9.97 Å². The summed E-state index contributed by atoms with van der Waals surface area (Å²) in [6.45, 7) is -0.417. The van der Waals surface area contributed by atoms with Crippen LogP contribution in [0, 0.1) is 0 Å². The second-order valence-corrected chi connectivity index (χ2v) is 11.9. The molecule has 1 saturated heterocycles. The number of para-hydroxylation sites is 1. The van der Waals surface area contributed by atoms with Crippen LogP contribution in [-0.4, -0.2) is 76.0 Å². The number of nitrogens with one attached hydrogen (secondary N) is 1. The standard InChI is InChI=1S/C23H25ClN6O4S2/c24-22-28-19(16-20(29-22)30(10-25-16)21-18(33)17(32)13(9-31)34-21)26-11-5-1-3-7-14(11)35-23-27-12-6-2-4-8-15(12)36-23/h2,4,6,8,10-11,13-14,17-18,21,31-33H,1,3,5,7,9H2,(H,26,28,29)/t11?,13-,14?,17?,18?,21-/m1/s1. The van der Waals surface area contributed by atoms with Crippen LogP contribution < -0.4 is 5.32 Å². The van der Waals surface area contributed by atoms with Crippen LogP contribution in [0.15, 0.2) is 34.9 Å². The van der Waals surface area contributed by atoms with Crippen LogP contribution in [0.25, 0.3) is 21.4 Å². The lowest BCUT2D eigenvalue weighted by atomic mass is 9.95. The van der Waals surface area contributed by atoms with Gasteiger partial charge in [0.1, 0.15) is 18.3 Å². The number of thiazole rings is 1. The van der Waals surface area contributed by atoms with Gasteiger partial charge < -0.3 is 25.4 Å². The van der Waals surface area contributed by atoms with Crippen LogP contribution in [0.1, 0.15) is 31.9 Å². The maximum absolute atomic E-state index is 10.5. The van der Waals surface area contributed by atoms with Crippen molar-refractivity contribution in [1.82, 2.24) is 24.5 Å².